The number of carboxylic acids is 1. The van der Waals surface area contributed by atoms with Crippen molar-refractivity contribution in [3.63, 3.8) is 0 Å². The number of cyclic esters (lactones) is 1. The number of aryl methyl sites for hydroxylation is 2. The van der Waals surface area contributed by atoms with Gasteiger partial charge in [0.1, 0.15) is 37.8 Å². The molecule has 3 aromatic rings. The molecule has 0 amide bonds. The molecule has 2 aromatic heterocycles. The lowest BCUT2D eigenvalue weighted by atomic mass is 9.85. The normalized spacial score (nSPS) is 17.5. The average Bonchev–Trinajstić information content (AvgIpc) is 3.86. The minimum atomic E-state index is -2.01. The highest BCUT2D eigenvalue weighted by Crippen LogP contribution is 2.42. The molecule has 0 saturated heterocycles. The molecule has 0 bridgehead atoms. The fourth-order valence-electron chi connectivity index (χ4n) is 8.59. The van der Waals surface area contributed by atoms with E-state index >= 15 is 0 Å². The molecule has 0 fully saturated rings. The van der Waals surface area contributed by atoms with E-state index < -0.39 is 162 Å². The maximum atomic E-state index is 14.2. The Morgan fingerprint density at radius 3 is 1.93 bits per heavy atom. The molecule has 5 rings (SSSR count). The number of Topliss-reactive ketones (excluding diaryl/α,β-unsaturated/α-hetero) is 1. The van der Waals surface area contributed by atoms with Crippen LogP contribution in [0.15, 0.2) is 29.1 Å². The second kappa shape index (κ2) is 29.1. The van der Waals surface area contributed by atoms with Crippen LogP contribution in [-0.4, -0.2) is 168 Å². The zero-order valence-corrected chi connectivity index (χ0v) is 43.6. The lowest BCUT2D eigenvalue weighted by molar-refractivity contribution is -0.254. The Morgan fingerprint density at radius 1 is 0.776 bits per heavy atom. The number of ketones is 1. The number of aliphatic hydroxyl groups is 4. The standard InChI is InChI=1S/C52H70N2O22/c1-7-32(20-55)73-46(70-25-34(22-57)75-47(28-69-44(63)15-13-42(60)61)71-24-33(21-56)74-45(23-58)67-6)27-68-43(62)14-11-31(59)17-30(5)50(65)76-52(9-3)39-18-41-48-37(19-54(41)49(64)38(39)26-72-51(52)66)35(8-2)36-16-29(4)10-12-40(36)53-48/h10,12,16,18,30,32-34,45-47,55-58H,7-9,11,13-15,17,19-28H2,1-6H3,(H,60,61)/t30?,32?,33?,34?,45?,46?,47?,52-/m0/s1. The van der Waals surface area contributed by atoms with Gasteiger partial charge in [0, 0.05) is 36.5 Å². The predicted octanol–water partition coefficient (Wildman–Crippen LogP) is 2.02. The van der Waals surface area contributed by atoms with Gasteiger partial charge in [-0.1, -0.05) is 39.3 Å². The predicted molar refractivity (Wildman–Crippen MR) is 263 cm³/mol. The van der Waals surface area contributed by atoms with E-state index in [2.05, 4.69) is 6.07 Å². The van der Waals surface area contributed by atoms with Crippen LogP contribution in [0.4, 0.5) is 0 Å². The molecule has 8 atom stereocenters. The molecule has 7 unspecified atom stereocenters. The quantitative estimate of drug-likeness (QED) is 0.0254. The molecular weight excluding hydrogens is 1000 g/mol. The number of aliphatic carboxylic acids is 1. The van der Waals surface area contributed by atoms with E-state index in [1.807, 2.05) is 26.0 Å². The number of ether oxygens (including phenoxy) is 10. The number of aliphatic hydroxyl groups excluding tert-OH is 4. The third-order valence-electron chi connectivity index (χ3n) is 12.9. The van der Waals surface area contributed by atoms with Gasteiger partial charge in [-0.2, -0.15) is 0 Å². The summed E-state index contributed by atoms with van der Waals surface area (Å²) in [6.07, 6.45) is -8.32. The van der Waals surface area contributed by atoms with Crippen LogP contribution >= 0.6 is 0 Å². The first-order valence-corrected chi connectivity index (χ1v) is 25.2. The van der Waals surface area contributed by atoms with Crippen molar-refractivity contribution in [2.24, 2.45) is 5.92 Å². The molecule has 76 heavy (non-hydrogen) atoms. The summed E-state index contributed by atoms with van der Waals surface area (Å²) in [5.74, 6) is -6.40. The van der Waals surface area contributed by atoms with E-state index in [1.165, 1.54) is 14.0 Å². The Kier molecular flexibility index (Phi) is 23.4. The average molecular weight is 1080 g/mol. The van der Waals surface area contributed by atoms with Gasteiger partial charge in [0.05, 0.1) is 99.9 Å². The molecule has 1 aromatic carbocycles. The fourth-order valence-corrected chi connectivity index (χ4v) is 8.59. The van der Waals surface area contributed by atoms with E-state index in [0.717, 1.165) is 27.6 Å². The molecule has 24 nitrogen and oxygen atoms in total. The van der Waals surface area contributed by atoms with Gasteiger partial charge in [-0.3, -0.25) is 28.8 Å². The van der Waals surface area contributed by atoms with Crippen molar-refractivity contribution in [1.29, 1.82) is 0 Å². The number of carboxylic acid groups (broad SMARTS) is 1. The third kappa shape index (κ3) is 15.7. The first kappa shape index (κ1) is 61.1. The highest BCUT2D eigenvalue weighted by Gasteiger charge is 2.51. The van der Waals surface area contributed by atoms with Gasteiger partial charge >= 0.3 is 29.8 Å². The van der Waals surface area contributed by atoms with Crippen LogP contribution < -0.4 is 5.56 Å². The summed E-state index contributed by atoms with van der Waals surface area (Å²) < 4.78 is 56.9. The van der Waals surface area contributed by atoms with Gasteiger partial charge in [-0.15, -0.1) is 0 Å². The van der Waals surface area contributed by atoms with Gasteiger partial charge in [0.15, 0.2) is 18.9 Å². The first-order valence-electron chi connectivity index (χ1n) is 25.2. The van der Waals surface area contributed by atoms with Crippen molar-refractivity contribution in [3.05, 3.63) is 62.4 Å². The van der Waals surface area contributed by atoms with Crippen LogP contribution in [0.2, 0.25) is 0 Å². The Morgan fingerprint density at radius 2 is 1.38 bits per heavy atom. The molecule has 24 heteroatoms. The number of esters is 4. The molecule has 0 saturated carbocycles. The summed E-state index contributed by atoms with van der Waals surface area (Å²) in [5.41, 5.74) is 2.77. The van der Waals surface area contributed by atoms with Crippen molar-refractivity contribution in [2.75, 3.05) is 60.0 Å². The van der Waals surface area contributed by atoms with Gasteiger partial charge < -0.3 is 77.5 Å². The Bertz CT molecular complexity index is 2560. The number of carbonyl (C=O) groups excluding carboxylic acids is 5. The summed E-state index contributed by atoms with van der Waals surface area (Å²) in [4.78, 5) is 96.0. The zero-order valence-electron chi connectivity index (χ0n) is 43.6. The second-order valence-electron chi connectivity index (χ2n) is 18.3. The summed E-state index contributed by atoms with van der Waals surface area (Å²) in [5, 5.41) is 49.1. The van der Waals surface area contributed by atoms with Crippen LogP contribution in [0.1, 0.15) is 100 Å². The number of carbonyl (C=O) groups is 6. The van der Waals surface area contributed by atoms with Crippen LogP contribution in [0, 0.1) is 12.8 Å². The number of rotatable bonds is 34. The third-order valence-corrected chi connectivity index (χ3v) is 12.9. The van der Waals surface area contributed by atoms with E-state index in [1.54, 1.807) is 24.5 Å². The highest BCUT2D eigenvalue weighted by molar-refractivity contribution is 5.91. The summed E-state index contributed by atoms with van der Waals surface area (Å²) in [6, 6.07) is 7.63. The van der Waals surface area contributed by atoms with Gasteiger partial charge in [-0.05, 0) is 49.9 Å². The summed E-state index contributed by atoms with van der Waals surface area (Å²) in [6.45, 7) is 4.35. The Labute approximate surface area is 438 Å². The maximum absolute atomic E-state index is 14.2. The first-order chi connectivity index (χ1) is 36.4. The van der Waals surface area contributed by atoms with Crippen LogP contribution in [0.5, 0.6) is 0 Å². The van der Waals surface area contributed by atoms with Gasteiger partial charge in [0.25, 0.3) is 5.56 Å². The van der Waals surface area contributed by atoms with Crippen LogP contribution in [-0.2, 0) is 101 Å². The van der Waals surface area contributed by atoms with Crippen molar-refractivity contribution >= 4 is 46.5 Å². The van der Waals surface area contributed by atoms with E-state index in [0.29, 0.717) is 24.2 Å². The number of aromatic nitrogens is 2. The number of methoxy groups -OCH3 is 1. The second-order valence-corrected chi connectivity index (χ2v) is 18.3. The number of fused-ring (bicyclic) bond motifs is 5. The van der Waals surface area contributed by atoms with E-state index in [-0.39, 0.29) is 43.5 Å². The molecule has 5 N–H and O–H groups in total. The van der Waals surface area contributed by atoms with Crippen LogP contribution in [0.3, 0.4) is 0 Å². The van der Waals surface area contributed by atoms with Crippen molar-refractivity contribution in [1.82, 2.24) is 9.55 Å². The molecule has 0 spiro atoms. The zero-order chi connectivity index (χ0) is 55.7. The number of hydrogen-bond acceptors (Lipinski definition) is 22. The lowest BCUT2D eigenvalue weighted by Crippen LogP contribution is -2.48. The fraction of sp³-hybridized carbons (Fsp3) is 0.615. The van der Waals surface area contributed by atoms with Gasteiger partial charge in [0.2, 0.25) is 5.60 Å². The minimum Gasteiger partial charge on any atom is -0.481 e. The number of hydrogen-bond donors (Lipinski definition) is 5. The van der Waals surface area contributed by atoms with E-state index in [9.17, 15) is 54.0 Å². The summed E-state index contributed by atoms with van der Waals surface area (Å²) >= 11 is 0. The number of nitrogens with zero attached hydrogens (tertiary/aromatic N) is 2. The monoisotopic (exact) mass is 1070 g/mol. The highest BCUT2D eigenvalue weighted by atomic mass is 16.7. The van der Waals surface area contributed by atoms with Crippen molar-refractivity contribution in [3.8, 4) is 11.4 Å². The lowest BCUT2D eigenvalue weighted by Gasteiger charge is -2.36. The molecule has 420 valence electrons. The van der Waals surface area contributed by atoms with Crippen molar-refractivity contribution in [2.45, 2.75) is 142 Å². The summed E-state index contributed by atoms with van der Waals surface area (Å²) in [7, 11) is 1.26. The smallest absolute Gasteiger partial charge is 0.355 e. The molecule has 2 aliphatic heterocycles. The molecule has 2 aliphatic rings. The molecule has 0 aliphatic carbocycles. The molecule has 4 heterocycles. The Balaban J connectivity index is 1.19. The maximum Gasteiger partial charge on any atom is 0.355 e. The Hall–Kier alpha value is -5.80. The van der Waals surface area contributed by atoms with Crippen LogP contribution in [0.25, 0.3) is 22.3 Å². The minimum absolute atomic E-state index is 0.0924. The molecule has 0 radical (unpaired) electrons. The topological polar surface area (TPSA) is 331 Å². The molecular formula is C52H70N2O22. The number of pyridine rings is 2. The largest absolute Gasteiger partial charge is 0.481 e. The van der Waals surface area contributed by atoms with Gasteiger partial charge in [-0.25, -0.2) is 9.78 Å². The number of benzene rings is 1. The SMILES string of the molecule is CCc1c2c(nc3ccc(C)cc13)-c1cc3c(c(=O)n1C2)COC(=O)[C@@]3(CC)OC(=O)C(C)CC(=O)CCC(=O)OCC(OCC(CO)OC(COC(=O)CCC(=O)O)OCC(CO)OC(CO)OC)OC(CC)CO. The van der Waals surface area contributed by atoms with Crippen molar-refractivity contribution < 1.29 is 102 Å². The van der Waals surface area contributed by atoms with E-state index in [4.69, 9.17) is 57.5 Å².